The maximum atomic E-state index is 4.11. The molecular weight excluding hydrogens is 184 g/mol. The number of rotatable bonds is 6. The molecule has 1 rings (SSSR count). The number of hydrogen-bond donors (Lipinski definition) is 1. The predicted molar refractivity (Wildman–Crippen MR) is 66.0 cm³/mol. The highest BCUT2D eigenvalue weighted by Crippen LogP contribution is 2.18. The molecule has 15 heavy (non-hydrogen) atoms. The fourth-order valence-corrected chi connectivity index (χ4v) is 1.97. The zero-order valence-corrected chi connectivity index (χ0v) is 10.0. The number of nitrogens with one attached hydrogen (secondary N) is 1. The molecule has 0 saturated carbocycles. The Bertz CT molecular complexity index is 258. The second kappa shape index (κ2) is 6.44. The van der Waals surface area contributed by atoms with Crippen molar-refractivity contribution in [2.45, 2.75) is 46.1 Å². The van der Waals surface area contributed by atoms with Crippen molar-refractivity contribution in [3.63, 3.8) is 0 Å². The Labute approximate surface area is 93.1 Å². The van der Waals surface area contributed by atoms with Crippen LogP contribution in [0.4, 0.5) is 5.69 Å². The van der Waals surface area contributed by atoms with E-state index in [1.54, 1.807) is 0 Å². The maximum absolute atomic E-state index is 4.11. The highest BCUT2D eigenvalue weighted by atomic mass is 14.9. The smallest absolute Gasteiger partial charge is 0.0528 e. The molecule has 2 unspecified atom stereocenters. The van der Waals surface area contributed by atoms with Gasteiger partial charge < -0.3 is 5.32 Å². The average Bonchev–Trinajstić information content (AvgIpc) is 2.27. The Hall–Kier alpha value is -1.05. The fraction of sp³-hybridized carbons (Fsp3) is 0.615. The summed E-state index contributed by atoms with van der Waals surface area (Å²) in [5.74, 6) is 0.722. The van der Waals surface area contributed by atoms with Crippen LogP contribution in [0.25, 0.3) is 0 Å². The van der Waals surface area contributed by atoms with Gasteiger partial charge in [0.1, 0.15) is 0 Å². The minimum Gasteiger partial charge on any atom is -0.381 e. The van der Waals surface area contributed by atoms with Gasteiger partial charge >= 0.3 is 0 Å². The van der Waals surface area contributed by atoms with Crippen molar-refractivity contribution in [3.05, 3.63) is 24.5 Å². The van der Waals surface area contributed by atoms with Crippen molar-refractivity contribution < 1.29 is 0 Å². The molecule has 0 radical (unpaired) electrons. The number of hydrogen-bond acceptors (Lipinski definition) is 2. The third-order valence-electron chi connectivity index (χ3n) is 2.88. The van der Waals surface area contributed by atoms with Crippen LogP contribution in [0.15, 0.2) is 24.5 Å². The number of aromatic nitrogens is 1. The second-order valence-electron chi connectivity index (χ2n) is 4.17. The van der Waals surface area contributed by atoms with E-state index < -0.39 is 0 Å². The average molecular weight is 206 g/mol. The zero-order chi connectivity index (χ0) is 11.1. The Morgan fingerprint density at radius 3 is 2.73 bits per heavy atom. The summed E-state index contributed by atoms with van der Waals surface area (Å²) in [6, 6.07) is 4.61. The van der Waals surface area contributed by atoms with Gasteiger partial charge in [-0.3, -0.25) is 4.98 Å². The van der Waals surface area contributed by atoms with Gasteiger partial charge in [0.15, 0.2) is 0 Å². The predicted octanol–water partition coefficient (Wildman–Crippen LogP) is 3.71. The van der Waals surface area contributed by atoms with Gasteiger partial charge in [0.25, 0.3) is 0 Å². The molecule has 84 valence electrons. The summed E-state index contributed by atoms with van der Waals surface area (Å²) in [7, 11) is 0. The highest BCUT2D eigenvalue weighted by molar-refractivity contribution is 5.40. The molecule has 2 atom stereocenters. The van der Waals surface area contributed by atoms with Crippen molar-refractivity contribution in [3.8, 4) is 0 Å². The molecule has 0 spiro atoms. The van der Waals surface area contributed by atoms with E-state index in [9.17, 15) is 0 Å². The molecule has 1 aromatic heterocycles. The van der Waals surface area contributed by atoms with Gasteiger partial charge in [-0.25, -0.2) is 0 Å². The monoisotopic (exact) mass is 206 g/mol. The summed E-state index contributed by atoms with van der Waals surface area (Å²) < 4.78 is 0. The van der Waals surface area contributed by atoms with Gasteiger partial charge in [-0.05, 0) is 30.9 Å². The summed E-state index contributed by atoms with van der Waals surface area (Å²) in [5, 5.41) is 3.55. The first-order valence-corrected chi connectivity index (χ1v) is 5.94. The lowest BCUT2D eigenvalue weighted by atomic mass is 9.95. The third-order valence-corrected chi connectivity index (χ3v) is 2.88. The Morgan fingerprint density at radius 1 is 1.40 bits per heavy atom. The van der Waals surface area contributed by atoms with E-state index in [0.29, 0.717) is 6.04 Å². The van der Waals surface area contributed by atoms with Crippen molar-refractivity contribution in [2.75, 3.05) is 5.32 Å². The van der Waals surface area contributed by atoms with E-state index in [0.717, 1.165) is 18.0 Å². The molecule has 0 aliphatic heterocycles. The van der Waals surface area contributed by atoms with Crippen LogP contribution in [0, 0.1) is 5.92 Å². The van der Waals surface area contributed by atoms with Crippen molar-refractivity contribution in [1.82, 2.24) is 4.98 Å². The van der Waals surface area contributed by atoms with E-state index in [1.807, 2.05) is 18.5 Å². The first-order valence-electron chi connectivity index (χ1n) is 5.94. The van der Waals surface area contributed by atoms with Crippen molar-refractivity contribution >= 4 is 5.69 Å². The Kier molecular flexibility index (Phi) is 5.16. The lowest BCUT2D eigenvalue weighted by molar-refractivity contribution is 0.436. The van der Waals surface area contributed by atoms with Gasteiger partial charge in [-0.1, -0.05) is 27.2 Å². The molecule has 0 bridgehead atoms. The van der Waals surface area contributed by atoms with E-state index in [2.05, 4.69) is 37.1 Å². The quantitative estimate of drug-likeness (QED) is 0.767. The van der Waals surface area contributed by atoms with Crippen LogP contribution in [0.5, 0.6) is 0 Å². The summed E-state index contributed by atoms with van der Waals surface area (Å²) in [6.07, 6.45) is 7.40. The van der Waals surface area contributed by atoms with E-state index >= 15 is 0 Å². The van der Waals surface area contributed by atoms with Crippen LogP contribution < -0.4 is 5.32 Å². The van der Waals surface area contributed by atoms with Gasteiger partial charge in [-0.2, -0.15) is 0 Å². The largest absolute Gasteiger partial charge is 0.381 e. The number of nitrogens with zero attached hydrogens (tertiary/aromatic N) is 1. The molecule has 0 aliphatic rings. The maximum Gasteiger partial charge on any atom is 0.0528 e. The molecule has 1 heterocycles. The molecule has 1 N–H and O–H groups in total. The molecule has 0 saturated heterocycles. The Morgan fingerprint density at radius 2 is 2.20 bits per heavy atom. The SMILES string of the molecule is CCCC(C)C(CC)Nc1cccnc1. The lowest BCUT2D eigenvalue weighted by Crippen LogP contribution is -2.26. The number of anilines is 1. The van der Waals surface area contributed by atoms with Gasteiger partial charge in [-0.15, -0.1) is 0 Å². The van der Waals surface area contributed by atoms with Gasteiger partial charge in [0, 0.05) is 18.4 Å². The second-order valence-corrected chi connectivity index (χ2v) is 4.17. The van der Waals surface area contributed by atoms with E-state index in [1.165, 1.54) is 12.8 Å². The Balaban J connectivity index is 2.53. The third kappa shape index (κ3) is 3.90. The molecule has 2 nitrogen and oxygen atoms in total. The minimum absolute atomic E-state index is 0.564. The van der Waals surface area contributed by atoms with Crippen LogP contribution in [-0.2, 0) is 0 Å². The summed E-state index contributed by atoms with van der Waals surface area (Å²) >= 11 is 0. The molecule has 0 amide bonds. The van der Waals surface area contributed by atoms with Crippen LogP contribution >= 0.6 is 0 Å². The van der Waals surface area contributed by atoms with Crippen LogP contribution in [-0.4, -0.2) is 11.0 Å². The van der Waals surface area contributed by atoms with E-state index in [-0.39, 0.29) is 0 Å². The normalized spacial score (nSPS) is 14.6. The first kappa shape index (κ1) is 12.0. The molecule has 2 heteroatoms. The van der Waals surface area contributed by atoms with Crippen LogP contribution in [0.3, 0.4) is 0 Å². The molecule has 0 aromatic carbocycles. The molecule has 0 fully saturated rings. The minimum atomic E-state index is 0.564. The summed E-state index contributed by atoms with van der Waals surface area (Å²) in [4.78, 5) is 4.11. The van der Waals surface area contributed by atoms with Gasteiger partial charge in [0.2, 0.25) is 0 Å². The van der Waals surface area contributed by atoms with Crippen LogP contribution in [0.1, 0.15) is 40.0 Å². The topological polar surface area (TPSA) is 24.9 Å². The highest BCUT2D eigenvalue weighted by Gasteiger charge is 2.13. The standard InChI is InChI=1S/C13H22N2/c1-4-7-11(3)13(5-2)15-12-8-6-9-14-10-12/h6,8-11,13,15H,4-5,7H2,1-3H3. The van der Waals surface area contributed by atoms with Crippen LogP contribution in [0.2, 0.25) is 0 Å². The summed E-state index contributed by atoms with van der Waals surface area (Å²) in [5.41, 5.74) is 1.13. The zero-order valence-electron chi connectivity index (χ0n) is 10.0. The lowest BCUT2D eigenvalue weighted by Gasteiger charge is -2.24. The summed E-state index contributed by atoms with van der Waals surface area (Å²) in [6.45, 7) is 6.80. The molecule has 1 aromatic rings. The van der Waals surface area contributed by atoms with Crippen molar-refractivity contribution in [2.24, 2.45) is 5.92 Å². The number of pyridine rings is 1. The molecule has 0 aliphatic carbocycles. The first-order chi connectivity index (χ1) is 7.27. The molecular formula is C13H22N2. The van der Waals surface area contributed by atoms with Crippen molar-refractivity contribution in [1.29, 1.82) is 0 Å². The van der Waals surface area contributed by atoms with E-state index in [4.69, 9.17) is 0 Å². The fourth-order valence-electron chi connectivity index (χ4n) is 1.97. The van der Waals surface area contributed by atoms with Gasteiger partial charge in [0.05, 0.1) is 5.69 Å².